The van der Waals surface area contributed by atoms with E-state index in [4.69, 9.17) is 9.47 Å². The molecule has 6 nitrogen and oxygen atoms in total. The monoisotopic (exact) mass is 356 g/mol. The first-order chi connectivity index (χ1) is 12.4. The zero-order chi connectivity index (χ0) is 19.1. The summed E-state index contributed by atoms with van der Waals surface area (Å²) in [4.78, 5) is 25.8. The van der Waals surface area contributed by atoms with E-state index in [0.717, 1.165) is 11.3 Å². The standard InChI is InChI=1S/C20H24N2O4/c1-14-5-7-16(8-6-14)22(15(2)23)12-11-20(24)21-18-10-9-17(25-3)13-19(18)26-4/h5-10,13H,11-12H2,1-4H3,(H,21,24). The zero-order valence-electron chi connectivity index (χ0n) is 15.5. The van der Waals surface area contributed by atoms with Gasteiger partial charge in [-0.3, -0.25) is 9.59 Å². The highest BCUT2D eigenvalue weighted by Gasteiger charge is 2.14. The number of benzene rings is 2. The Kier molecular flexibility index (Phi) is 6.60. The van der Waals surface area contributed by atoms with Crippen LogP contribution in [0.3, 0.4) is 0 Å². The summed E-state index contributed by atoms with van der Waals surface area (Å²) in [6.45, 7) is 3.77. The Morgan fingerprint density at radius 1 is 1.04 bits per heavy atom. The van der Waals surface area contributed by atoms with Crippen molar-refractivity contribution >= 4 is 23.2 Å². The number of ether oxygens (including phenoxy) is 2. The number of carbonyl (C=O) groups is 2. The number of amides is 2. The maximum atomic E-state index is 12.3. The van der Waals surface area contributed by atoms with Gasteiger partial charge < -0.3 is 19.7 Å². The lowest BCUT2D eigenvalue weighted by molar-refractivity contribution is -0.117. The number of hydrogen-bond donors (Lipinski definition) is 1. The van der Waals surface area contributed by atoms with Crippen LogP contribution >= 0.6 is 0 Å². The van der Waals surface area contributed by atoms with Crippen molar-refractivity contribution in [2.24, 2.45) is 0 Å². The van der Waals surface area contributed by atoms with E-state index in [-0.39, 0.29) is 18.2 Å². The molecule has 0 unspecified atom stereocenters. The van der Waals surface area contributed by atoms with E-state index in [2.05, 4.69) is 5.32 Å². The summed E-state index contributed by atoms with van der Waals surface area (Å²) in [5.74, 6) is 0.845. The molecule has 0 atom stereocenters. The molecular formula is C20H24N2O4. The molecule has 138 valence electrons. The fourth-order valence-electron chi connectivity index (χ4n) is 2.52. The third-order valence-corrected chi connectivity index (χ3v) is 3.97. The Morgan fingerprint density at radius 3 is 2.31 bits per heavy atom. The first-order valence-electron chi connectivity index (χ1n) is 8.31. The lowest BCUT2D eigenvalue weighted by Crippen LogP contribution is -2.31. The van der Waals surface area contributed by atoms with Crippen LogP contribution in [0.15, 0.2) is 42.5 Å². The van der Waals surface area contributed by atoms with Crippen LogP contribution in [0.4, 0.5) is 11.4 Å². The molecule has 0 aromatic heterocycles. The molecule has 0 aliphatic heterocycles. The quantitative estimate of drug-likeness (QED) is 0.826. The van der Waals surface area contributed by atoms with Crippen LogP contribution in [0.1, 0.15) is 18.9 Å². The number of aryl methyl sites for hydroxylation is 1. The molecule has 2 amide bonds. The van der Waals surface area contributed by atoms with Crippen molar-refractivity contribution < 1.29 is 19.1 Å². The molecule has 0 saturated carbocycles. The highest BCUT2D eigenvalue weighted by Crippen LogP contribution is 2.29. The van der Waals surface area contributed by atoms with Crippen LogP contribution in [0.2, 0.25) is 0 Å². The van der Waals surface area contributed by atoms with Crippen LogP contribution < -0.4 is 19.7 Å². The number of methoxy groups -OCH3 is 2. The Balaban J connectivity index is 2.02. The lowest BCUT2D eigenvalue weighted by atomic mass is 10.2. The zero-order valence-corrected chi connectivity index (χ0v) is 15.5. The van der Waals surface area contributed by atoms with Gasteiger partial charge in [0.2, 0.25) is 11.8 Å². The predicted octanol–water partition coefficient (Wildman–Crippen LogP) is 3.39. The van der Waals surface area contributed by atoms with Crippen molar-refractivity contribution in [2.45, 2.75) is 20.3 Å². The van der Waals surface area contributed by atoms with Gasteiger partial charge >= 0.3 is 0 Å². The molecule has 2 rings (SSSR count). The first kappa shape index (κ1) is 19.3. The number of nitrogens with one attached hydrogen (secondary N) is 1. The highest BCUT2D eigenvalue weighted by molar-refractivity contribution is 5.95. The van der Waals surface area contributed by atoms with E-state index >= 15 is 0 Å². The number of anilines is 2. The van der Waals surface area contributed by atoms with Crippen LogP contribution in [0.5, 0.6) is 11.5 Å². The van der Waals surface area contributed by atoms with E-state index in [1.807, 2.05) is 31.2 Å². The molecule has 2 aromatic carbocycles. The maximum absolute atomic E-state index is 12.3. The number of rotatable bonds is 7. The van der Waals surface area contributed by atoms with Crippen LogP contribution in [-0.2, 0) is 9.59 Å². The van der Waals surface area contributed by atoms with Gasteiger partial charge in [-0.2, -0.15) is 0 Å². The average Bonchev–Trinajstić information content (AvgIpc) is 2.63. The van der Waals surface area contributed by atoms with Gasteiger partial charge in [0.1, 0.15) is 11.5 Å². The molecule has 0 aliphatic carbocycles. The normalized spacial score (nSPS) is 10.2. The van der Waals surface area contributed by atoms with E-state index in [1.165, 1.54) is 14.0 Å². The van der Waals surface area contributed by atoms with Gasteiger partial charge in [-0.05, 0) is 31.2 Å². The maximum Gasteiger partial charge on any atom is 0.226 e. The van der Waals surface area contributed by atoms with Crippen molar-refractivity contribution in [1.82, 2.24) is 0 Å². The van der Waals surface area contributed by atoms with Crippen LogP contribution in [0, 0.1) is 6.92 Å². The van der Waals surface area contributed by atoms with Gasteiger partial charge in [0.25, 0.3) is 0 Å². The summed E-state index contributed by atoms with van der Waals surface area (Å²) in [6, 6.07) is 12.8. The number of hydrogen-bond acceptors (Lipinski definition) is 4. The molecule has 0 heterocycles. The highest BCUT2D eigenvalue weighted by atomic mass is 16.5. The van der Waals surface area contributed by atoms with Gasteiger partial charge in [0.05, 0.1) is 19.9 Å². The molecule has 1 N–H and O–H groups in total. The van der Waals surface area contributed by atoms with E-state index in [1.54, 1.807) is 30.2 Å². The lowest BCUT2D eigenvalue weighted by Gasteiger charge is -2.21. The molecule has 26 heavy (non-hydrogen) atoms. The molecule has 6 heteroatoms. The Labute approximate surface area is 153 Å². The largest absolute Gasteiger partial charge is 0.497 e. The first-order valence-corrected chi connectivity index (χ1v) is 8.31. The summed E-state index contributed by atoms with van der Waals surface area (Å²) in [7, 11) is 3.09. The summed E-state index contributed by atoms with van der Waals surface area (Å²) >= 11 is 0. The minimum atomic E-state index is -0.202. The molecule has 0 radical (unpaired) electrons. The van der Waals surface area contributed by atoms with E-state index in [9.17, 15) is 9.59 Å². The van der Waals surface area contributed by atoms with Gasteiger partial charge in [-0.15, -0.1) is 0 Å². The van der Waals surface area contributed by atoms with Gasteiger partial charge in [-0.1, -0.05) is 17.7 Å². The second-order valence-corrected chi connectivity index (χ2v) is 5.87. The summed E-state index contributed by atoms with van der Waals surface area (Å²) in [5.41, 5.74) is 2.45. The van der Waals surface area contributed by atoms with Gasteiger partial charge in [-0.25, -0.2) is 0 Å². The summed E-state index contributed by atoms with van der Waals surface area (Å²) in [6.07, 6.45) is 0.169. The van der Waals surface area contributed by atoms with Crippen molar-refractivity contribution in [3.8, 4) is 11.5 Å². The second kappa shape index (κ2) is 8.89. The molecule has 0 bridgehead atoms. The smallest absolute Gasteiger partial charge is 0.226 e. The Bertz CT molecular complexity index is 772. The minimum Gasteiger partial charge on any atom is -0.497 e. The summed E-state index contributed by atoms with van der Waals surface area (Å²) < 4.78 is 10.4. The molecule has 0 aliphatic rings. The number of carbonyl (C=O) groups excluding carboxylic acids is 2. The van der Waals surface area contributed by atoms with E-state index < -0.39 is 0 Å². The fraction of sp³-hybridized carbons (Fsp3) is 0.300. The molecule has 2 aromatic rings. The molecule has 0 saturated heterocycles. The van der Waals surface area contributed by atoms with Crippen molar-refractivity contribution in [3.63, 3.8) is 0 Å². The minimum absolute atomic E-state index is 0.108. The average molecular weight is 356 g/mol. The fourth-order valence-corrected chi connectivity index (χ4v) is 2.52. The molecule has 0 fully saturated rings. The van der Waals surface area contributed by atoms with Crippen LogP contribution in [-0.4, -0.2) is 32.6 Å². The SMILES string of the molecule is COc1ccc(NC(=O)CCN(C(C)=O)c2ccc(C)cc2)c(OC)c1. The van der Waals surface area contributed by atoms with Crippen LogP contribution in [0.25, 0.3) is 0 Å². The topological polar surface area (TPSA) is 67.9 Å². The van der Waals surface area contributed by atoms with Gasteiger partial charge in [0.15, 0.2) is 0 Å². The Morgan fingerprint density at radius 2 is 1.73 bits per heavy atom. The number of nitrogens with zero attached hydrogens (tertiary/aromatic N) is 1. The Hall–Kier alpha value is -3.02. The third-order valence-electron chi connectivity index (χ3n) is 3.97. The van der Waals surface area contributed by atoms with Crippen molar-refractivity contribution in [1.29, 1.82) is 0 Å². The molecule has 0 spiro atoms. The summed E-state index contributed by atoms with van der Waals surface area (Å²) in [5, 5.41) is 2.81. The predicted molar refractivity (Wildman–Crippen MR) is 102 cm³/mol. The van der Waals surface area contributed by atoms with Crippen molar-refractivity contribution in [3.05, 3.63) is 48.0 Å². The third kappa shape index (κ3) is 4.99. The second-order valence-electron chi connectivity index (χ2n) is 5.87. The van der Waals surface area contributed by atoms with E-state index in [0.29, 0.717) is 23.7 Å². The molecular weight excluding hydrogens is 332 g/mol. The van der Waals surface area contributed by atoms with Crippen molar-refractivity contribution in [2.75, 3.05) is 31.0 Å². The van der Waals surface area contributed by atoms with Gasteiger partial charge in [0, 0.05) is 31.6 Å².